The summed E-state index contributed by atoms with van der Waals surface area (Å²) in [4.78, 5) is 0. The first kappa shape index (κ1) is 21.7. The molecule has 170 valence electrons. The quantitative estimate of drug-likeness (QED) is 0.337. The largest absolute Gasteiger partial charge is 0.384 e. The third-order valence-corrected chi connectivity index (χ3v) is 6.88. The predicted octanol–water partition coefficient (Wildman–Crippen LogP) is 5.84. The Morgan fingerprint density at radius 1 is 0.485 bits per heavy atom. The van der Waals surface area contributed by atoms with E-state index in [2.05, 4.69) is 92.8 Å². The molecule has 2 N–H and O–H groups in total. The number of pyridine rings is 2. The van der Waals surface area contributed by atoms with E-state index in [0.717, 1.165) is 26.2 Å². The van der Waals surface area contributed by atoms with Gasteiger partial charge in [0.2, 0.25) is 11.0 Å². The number of aryl methyl sites for hydroxylation is 2. The SMILES string of the molecule is c1ccc2c(c1)c1cc[n+]2CCCCCC[n+]2ccc(c3ccccc32)NCCCCCN1. The molecule has 4 aromatic rings. The van der Waals surface area contributed by atoms with Crippen molar-refractivity contribution in [2.24, 2.45) is 0 Å². The molecule has 4 bridgehead atoms. The molecule has 4 nitrogen and oxygen atoms in total. The molecule has 0 spiro atoms. The highest BCUT2D eigenvalue weighted by atomic mass is 15.0. The molecule has 2 aromatic heterocycles. The van der Waals surface area contributed by atoms with Gasteiger partial charge in [-0.1, -0.05) is 24.3 Å². The van der Waals surface area contributed by atoms with Crippen molar-refractivity contribution in [1.29, 1.82) is 0 Å². The number of para-hydroxylation sites is 2. The first-order valence-electron chi connectivity index (χ1n) is 12.7. The van der Waals surface area contributed by atoms with E-state index in [1.165, 1.54) is 78.1 Å². The molecule has 0 amide bonds. The summed E-state index contributed by atoms with van der Waals surface area (Å²) >= 11 is 0. The van der Waals surface area contributed by atoms with Gasteiger partial charge in [-0.05, 0) is 44.2 Å². The Bertz CT molecular complexity index is 1120. The maximum Gasteiger partial charge on any atom is 0.214 e. The topological polar surface area (TPSA) is 31.8 Å². The first-order chi connectivity index (χ1) is 16.4. The lowest BCUT2D eigenvalue weighted by Gasteiger charge is -2.11. The zero-order valence-electron chi connectivity index (χ0n) is 19.6. The van der Waals surface area contributed by atoms with E-state index in [0.29, 0.717) is 0 Å². The zero-order chi connectivity index (χ0) is 22.3. The summed E-state index contributed by atoms with van der Waals surface area (Å²) in [5, 5.41) is 10.1. The van der Waals surface area contributed by atoms with E-state index in [1.807, 2.05) is 0 Å². The number of anilines is 2. The van der Waals surface area contributed by atoms with Crippen molar-refractivity contribution in [3.05, 3.63) is 73.1 Å². The maximum absolute atomic E-state index is 3.69. The number of nitrogens with one attached hydrogen (secondary N) is 2. The number of benzene rings is 2. The fraction of sp³-hybridized carbons (Fsp3) is 0.379. The summed E-state index contributed by atoms with van der Waals surface area (Å²) in [6.07, 6.45) is 13.1. The van der Waals surface area contributed by atoms with Crippen LogP contribution in [-0.4, -0.2) is 13.1 Å². The molecule has 0 saturated heterocycles. The fourth-order valence-corrected chi connectivity index (χ4v) is 5.06. The second kappa shape index (κ2) is 10.7. The van der Waals surface area contributed by atoms with Crippen LogP contribution < -0.4 is 19.8 Å². The normalized spacial score (nSPS) is 16.2. The molecule has 2 aliphatic rings. The van der Waals surface area contributed by atoms with Crippen molar-refractivity contribution in [3.8, 4) is 0 Å². The van der Waals surface area contributed by atoms with Crippen molar-refractivity contribution in [2.75, 3.05) is 23.7 Å². The average molecular weight is 441 g/mol. The molecule has 0 fully saturated rings. The summed E-state index contributed by atoms with van der Waals surface area (Å²) in [5.74, 6) is 0. The molecule has 4 heterocycles. The summed E-state index contributed by atoms with van der Waals surface area (Å²) in [6.45, 7) is 4.19. The van der Waals surface area contributed by atoms with Crippen LogP contribution in [0, 0.1) is 0 Å². The van der Waals surface area contributed by atoms with Crippen LogP contribution in [0.4, 0.5) is 11.4 Å². The van der Waals surface area contributed by atoms with Crippen LogP contribution in [0.15, 0.2) is 73.1 Å². The lowest BCUT2D eigenvalue weighted by atomic mass is 10.1. The van der Waals surface area contributed by atoms with Crippen LogP contribution in [0.1, 0.15) is 44.9 Å². The van der Waals surface area contributed by atoms with Gasteiger partial charge in [0.15, 0.2) is 12.4 Å². The molecule has 2 aromatic carbocycles. The van der Waals surface area contributed by atoms with Gasteiger partial charge in [0.05, 0.1) is 22.1 Å². The van der Waals surface area contributed by atoms with Gasteiger partial charge in [0.1, 0.15) is 13.1 Å². The fourth-order valence-electron chi connectivity index (χ4n) is 5.06. The number of rotatable bonds is 0. The molecule has 0 unspecified atom stereocenters. The van der Waals surface area contributed by atoms with Gasteiger partial charge in [-0.3, -0.25) is 0 Å². The molecule has 4 heteroatoms. The Hall–Kier alpha value is -3.14. The monoisotopic (exact) mass is 440 g/mol. The van der Waals surface area contributed by atoms with Crippen LogP contribution in [0.3, 0.4) is 0 Å². The summed E-state index contributed by atoms with van der Waals surface area (Å²) < 4.78 is 4.85. The van der Waals surface area contributed by atoms with Gasteiger partial charge in [-0.2, -0.15) is 9.13 Å². The highest BCUT2D eigenvalue weighted by molar-refractivity contribution is 5.89. The molecule has 2 aliphatic heterocycles. The third-order valence-electron chi connectivity index (χ3n) is 6.88. The van der Waals surface area contributed by atoms with Crippen molar-refractivity contribution in [1.82, 2.24) is 0 Å². The molecule has 6 rings (SSSR count). The summed E-state index contributed by atoms with van der Waals surface area (Å²) in [6, 6.07) is 22.1. The third kappa shape index (κ3) is 5.11. The van der Waals surface area contributed by atoms with Gasteiger partial charge in [-0.15, -0.1) is 0 Å². The van der Waals surface area contributed by atoms with Crippen molar-refractivity contribution < 1.29 is 9.13 Å². The van der Waals surface area contributed by atoms with Crippen LogP contribution in [0.5, 0.6) is 0 Å². The van der Waals surface area contributed by atoms with Crippen LogP contribution >= 0.6 is 0 Å². The lowest BCUT2D eigenvalue weighted by molar-refractivity contribution is -0.673. The minimum Gasteiger partial charge on any atom is -0.384 e. The Balaban J connectivity index is 1.34. The van der Waals surface area contributed by atoms with Crippen LogP contribution in [0.2, 0.25) is 0 Å². The minimum absolute atomic E-state index is 1.02. The van der Waals surface area contributed by atoms with E-state index in [4.69, 9.17) is 0 Å². The van der Waals surface area contributed by atoms with Gasteiger partial charge >= 0.3 is 0 Å². The number of hydrogen-bond donors (Lipinski definition) is 2. The Kier molecular flexibility index (Phi) is 7.00. The molecule has 0 saturated carbocycles. The summed E-state index contributed by atoms with van der Waals surface area (Å²) in [7, 11) is 0. The maximum atomic E-state index is 3.69. The van der Waals surface area contributed by atoms with Crippen LogP contribution in [0.25, 0.3) is 21.8 Å². The average Bonchev–Trinajstić information content (AvgIpc) is 2.86. The minimum atomic E-state index is 1.02. The van der Waals surface area contributed by atoms with Crippen LogP contribution in [-0.2, 0) is 13.1 Å². The van der Waals surface area contributed by atoms with Gasteiger partial charge in [-0.25, -0.2) is 0 Å². The second-order valence-corrected chi connectivity index (χ2v) is 9.21. The van der Waals surface area contributed by atoms with E-state index < -0.39 is 0 Å². The smallest absolute Gasteiger partial charge is 0.214 e. The molecular weight excluding hydrogens is 404 g/mol. The molecule has 0 atom stereocenters. The van der Waals surface area contributed by atoms with E-state index >= 15 is 0 Å². The highest BCUT2D eigenvalue weighted by Gasteiger charge is 2.14. The van der Waals surface area contributed by atoms with Crippen molar-refractivity contribution in [3.63, 3.8) is 0 Å². The zero-order valence-corrected chi connectivity index (χ0v) is 19.6. The predicted molar refractivity (Wildman–Crippen MR) is 138 cm³/mol. The first-order valence-corrected chi connectivity index (χ1v) is 12.7. The Morgan fingerprint density at radius 3 is 1.45 bits per heavy atom. The lowest BCUT2D eigenvalue weighted by Crippen LogP contribution is -2.35. The number of aromatic nitrogens is 2. The van der Waals surface area contributed by atoms with Crippen molar-refractivity contribution >= 4 is 33.2 Å². The molecular formula is C29H36N4+2. The van der Waals surface area contributed by atoms with Crippen molar-refractivity contribution in [2.45, 2.75) is 58.0 Å². The highest BCUT2D eigenvalue weighted by Crippen LogP contribution is 2.22. The second-order valence-electron chi connectivity index (χ2n) is 9.21. The number of nitrogens with zero attached hydrogens (tertiary/aromatic N) is 2. The molecule has 0 aliphatic carbocycles. The van der Waals surface area contributed by atoms with Gasteiger partial charge in [0, 0.05) is 50.2 Å². The molecule has 33 heavy (non-hydrogen) atoms. The Labute approximate surface area is 197 Å². The van der Waals surface area contributed by atoms with Gasteiger partial charge < -0.3 is 10.6 Å². The summed E-state index contributed by atoms with van der Waals surface area (Å²) in [5.41, 5.74) is 5.18. The van der Waals surface area contributed by atoms with E-state index in [9.17, 15) is 0 Å². The van der Waals surface area contributed by atoms with E-state index in [1.54, 1.807) is 0 Å². The standard InChI is InChI=1S/C29H34N4/c1-2-11-21-33-23-17-27(25-13-5-7-15-29(25)33)31-19-9-3-8-18-30-26-16-22-32(20-10-1)28-14-6-4-12-24(26)28/h4-7,12-17,22-23H,1-3,8-11,18-21H2/p+2. The van der Waals surface area contributed by atoms with Gasteiger partial charge in [0.25, 0.3) is 0 Å². The Morgan fingerprint density at radius 2 is 0.939 bits per heavy atom. The van der Waals surface area contributed by atoms with E-state index in [-0.39, 0.29) is 0 Å². The number of hydrogen-bond acceptors (Lipinski definition) is 2. The molecule has 0 radical (unpaired) electrons. The number of fused-ring (bicyclic) bond motifs is 13.